The van der Waals surface area contributed by atoms with Crippen LogP contribution in [0.25, 0.3) is 0 Å². The summed E-state index contributed by atoms with van der Waals surface area (Å²) in [5.41, 5.74) is 0. The van der Waals surface area contributed by atoms with Gasteiger partial charge in [0.05, 0.1) is 6.01 Å². The highest BCUT2D eigenvalue weighted by atomic mass is 14.8. The van der Waals surface area contributed by atoms with Gasteiger partial charge in [-0.1, -0.05) is 6.58 Å². The SMILES string of the molecule is C=CN=C=NCC. The third-order valence-corrected chi connectivity index (χ3v) is 0.378. The molecule has 7 heavy (non-hydrogen) atoms. The van der Waals surface area contributed by atoms with Crippen LogP contribution in [0, 0.1) is 0 Å². The monoisotopic (exact) mass is 96.1 g/mol. The highest BCUT2D eigenvalue weighted by Crippen LogP contribution is 1.61. The molecule has 0 fully saturated rings. The van der Waals surface area contributed by atoms with Gasteiger partial charge < -0.3 is 0 Å². The Balaban J connectivity index is 3.40. The molecule has 0 bridgehead atoms. The van der Waals surface area contributed by atoms with E-state index in [1.807, 2.05) is 6.92 Å². The smallest absolute Gasteiger partial charge is 0.0942 e. The zero-order chi connectivity index (χ0) is 5.54. The average Bonchev–Trinajstić information content (AvgIpc) is 1.69. The molecular formula is C5H8N2. The molecule has 0 aromatic carbocycles. The van der Waals surface area contributed by atoms with Crippen LogP contribution in [0.4, 0.5) is 0 Å². The Bertz CT molecular complexity index is 98.6. The Kier molecular flexibility index (Phi) is 4.48. The Morgan fingerprint density at radius 3 is 3.00 bits per heavy atom. The van der Waals surface area contributed by atoms with Gasteiger partial charge in [-0.2, -0.15) is 4.99 Å². The van der Waals surface area contributed by atoms with Gasteiger partial charge >= 0.3 is 0 Å². The Labute approximate surface area is 43.3 Å². The molecule has 0 saturated carbocycles. The van der Waals surface area contributed by atoms with E-state index in [0.29, 0.717) is 0 Å². The summed E-state index contributed by atoms with van der Waals surface area (Å²) >= 11 is 0. The fourth-order valence-electron chi connectivity index (χ4n) is 0.152. The van der Waals surface area contributed by atoms with E-state index in [0.717, 1.165) is 6.54 Å². The molecule has 0 aromatic rings. The minimum absolute atomic E-state index is 0.733. The first-order valence-electron chi connectivity index (χ1n) is 2.14. The third-order valence-electron chi connectivity index (χ3n) is 0.378. The topological polar surface area (TPSA) is 24.7 Å². The fraction of sp³-hybridized carbons (Fsp3) is 0.400. The molecule has 2 nitrogen and oxygen atoms in total. The molecule has 0 heterocycles. The summed E-state index contributed by atoms with van der Waals surface area (Å²) < 4.78 is 0. The third kappa shape index (κ3) is 5.12. The van der Waals surface area contributed by atoms with Crippen LogP contribution < -0.4 is 0 Å². The molecule has 0 saturated heterocycles. The van der Waals surface area contributed by atoms with E-state index < -0.39 is 0 Å². The van der Waals surface area contributed by atoms with Crippen molar-refractivity contribution in [3.63, 3.8) is 0 Å². The summed E-state index contributed by atoms with van der Waals surface area (Å²) in [6, 6.07) is 2.42. The number of aliphatic imine (C=N–C) groups is 2. The lowest BCUT2D eigenvalue weighted by Gasteiger charge is -1.64. The maximum atomic E-state index is 3.67. The molecule has 0 aliphatic heterocycles. The highest BCUT2D eigenvalue weighted by molar-refractivity contribution is 5.41. The van der Waals surface area contributed by atoms with Crippen molar-refractivity contribution in [2.75, 3.05) is 6.54 Å². The van der Waals surface area contributed by atoms with Gasteiger partial charge in [-0.3, -0.25) is 0 Å². The average molecular weight is 96.1 g/mol. The van der Waals surface area contributed by atoms with E-state index >= 15 is 0 Å². The van der Waals surface area contributed by atoms with E-state index in [9.17, 15) is 0 Å². The molecule has 0 unspecified atom stereocenters. The van der Waals surface area contributed by atoms with Gasteiger partial charge in [0.15, 0.2) is 0 Å². The second kappa shape index (κ2) is 5.12. The Morgan fingerprint density at radius 2 is 2.57 bits per heavy atom. The second-order valence-electron chi connectivity index (χ2n) is 0.886. The zero-order valence-corrected chi connectivity index (χ0v) is 4.39. The van der Waals surface area contributed by atoms with Crippen molar-refractivity contribution in [3.8, 4) is 0 Å². The van der Waals surface area contributed by atoms with Crippen LogP contribution >= 0.6 is 0 Å². The molecule has 0 amide bonds. The quantitative estimate of drug-likeness (QED) is 0.463. The van der Waals surface area contributed by atoms with Crippen LogP contribution in [0.3, 0.4) is 0 Å². The largest absolute Gasteiger partial charge is 0.226 e. The minimum Gasteiger partial charge on any atom is -0.226 e. The maximum absolute atomic E-state index is 3.67. The van der Waals surface area contributed by atoms with Gasteiger partial charge in [-0.25, -0.2) is 4.99 Å². The van der Waals surface area contributed by atoms with E-state index in [1.165, 1.54) is 6.20 Å². The first-order chi connectivity index (χ1) is 3.41. The van der Waals surface area contributed by atoms with E-state index in [-0.39, 0.29) is 0 Å². The maximum Gasteiger partial charge on any atom is 0.0942 e. The molecule has 0 aliphatic carbocycles. The van der Waals surface area contributed by atoms with Crippen LogP contribution in [-0.4, -0.2) is 12.6 Å². The normalized spacial score (nSPS) is 6.43. The molecule has 0 aromatic heterocycles. The van der Waals surface area contributed by atoms with Crippen LogP contribution in [0.1, 0.15) is 6.92 Å². The molecule has 38 valence electrons. The van der Waals surface area contributed by atoms with E-state index in [4.69, 9.17) is 0 Å². The minimum atomic E-state index is 0.733. The highest BCUT2D eigenvalue weighted by Gasteiger charge is 1.53. The predicted octanol–water partition coefficient (Wildman–Crippen LogP) is 1.32. The molecule has 2 heteroatoms. The zero-order valence-electron chi connectivity index (χ0n) is 4.39. The summed E-state index contributed by atoms with van der Waals surface area (Å²) in [5.74, 6) is 0. The summed E-state index contributed by atoms with van der Waals surface area (Å²) in [7, 11) is 0. The summed E-state index contributed by atoms with van der Waals surface area (Å²) in [4.78, 5) is 7.18. The summed E-state index contributed by atoms with van der Waals surface area (Å²) in [5, 5.41) is 0. The first kappa shape index (κ1) is 6.12. The summed E-state index contributed by atoms with van der Waals surface area (Å²) in [6.45, 7) is 6.00. The van der Waals surface area contributed by atoms with Crippen molar-refractivity contribution in [1.29, 1.82) is 0 Å². The lowest BCUT2D eigenvalue weighted by atomic mass is 10.8. The van der Waals surface area contributed by atoms with Gasteiger partial charge in [-0.15, -0.1) is 0 Å². The van der Waals surface area contributed by atoms with Crippen LogP contribution in [0.15, 0.2) is 22.8 Å². The first-order valence-corrected chi connectivity index (χ1v) is 2.14. The van der Waals surface area contributed by atoms with E-state index in [1.54, 1.807) is 0 Å². The van der Waals surface area contributed by atoms with E-state index in [2.05, 4.69) is 22.6 Å². The van der Waals surface area contributed by atoms with Gasteiger partial charge in [0.1, 0.15) is 0 Å². The van der Waals surface area contributed by atoms with Crippen LogP contribution in [0.5, 0.6) is 0 Å². The standard InChI is InChI=1S/C5H8N2/c1-3-6-5-7-4-2/h3H,1,4H2,2H3. The van der Waals surface area contributed by atoms with Crippen molar-refractivity contribution in [2.45, 2.75) is 6.92 Å². The molecule has 0 spiro atoms. The van der Waals surface area contributed by atoms with Crippen molar-refractivity contribution in [2.24, 2.45) is 9.98 Å². The summed E-state index contributed by atoms with van der Waals surface area (Å²) in [6.07, 6.45) is 1.40. The van der Waals surface area contributed by atoms with Crippen molar-refractivity contribution < 1.29 is 0 Å². The molecule has 0 rings (SSSR count). The van der Waals surface area contributed by atoms with Crippen molar-refractivity contribution in [3.05, 3.63) is 12.8 Å². The van der Waals surface area contributed by atoms with Crippen molar-refractivity contribution in [1.82, 2.24) is 0 Å². The van der Waals surface area contributed by atoms with Gasteiger partial charge in [0.2, 0.25) is 0 Å². The second-order valence-corrected chi connectivity index (χ2v) is 0.886. The number of rotatable bonds is 2. The molecule has 0 radical (unpaired) electrons. The van der Waals surface area contributed by atoms with Gasteiger partial charge in [-0.05, 0) is 6.92 Å². The number of nitrogens with zero attached hydrogens (tertiary/aromatic N) is 2. The molecule has 0 N–H and O–H groups in total. The molecular weight excluding hydrogens is 88.1 g/mol. The van der Waals surface area contributed by atoms with Crippen molar-refractivity contribution >= 4 is 6.01 Å². The Morgan fingerprint density at radius 1 is 1.86 bits per heavy atom. The van der Waals surface area contributed by atoms with Crippen LogP contribution in [-0.2, 0) is 0 Å². The predicted molar refractivity (Wildman–Crippen MR) is 30.6 cm³/mol. The van der Waals surface area contributed by atoms with Gasteiger partial charge in [0, 0.05) is 12.7 Å². The van der Waals surface area contributed by atoms with Gasteiger partial charge in [0.25, 0.3) is 0 Å². The number of hydrogen-bond acceptors (Lipinski definition) is 2. The fourth-order valence-corrected chi connectivity index (χ4v) is 0.152. The molecule has 0 atom stereocenters. The Hall–Kier alpha value is -0.880. The lowest BCUT2D eigenvalue weighted by Crippen LogP contribution is -1.60. The number of hydrogen-bond donors (Lipinski definition) is 0. The lowest BCUT2D eigenvalue weighted by molar-refractivity contribution is 1.14. The molecule has 0 aliphatic rings. The van der Waals surface area contributed by atoms with Crippen LogP contribution in [0.2, 0.25) is 0 Å².